The first-order chi connectivity index (χ1) is 15.5. The van der Waals surface area contributed by atoms with Gasteiger partial charge in [0.15, 0.2) is 0 Å². The fourth-order valence-corrected chi connectivity index (χ4v) is 4.22. The molecule has 2 aromatic heterocycles. The summed E-state index contributed by atoms with van der Waals surface area (Å²) in [4.78, 5) is 23.5. The van der Waals surface area contributed by atoms with Crippen LogP contribution in [-0.2, 0) is 30.2 Å². The average Bonchev–Trinajstić information content (AvgIpc) is 3.42. The summed E-state index contributed by atoms with van der Waals surface area (Å²) >= 11 is 0. The molecule has 10 nitrogen and oxygen atoms in total. The Balaban J connectivity index is 0.000000383. The maximum atomic E-state index is 12.2. The number of carbonyl (C=O) groups excluding carboxylic acids is 1. The number of rotatable bonds is 6. The van der Waals surface area contributed by atoms with Crippen LogP contribution < -0.4 is 5.32 Å². The van der Waals surface area contributed by atoms with E-state index in [-0.39, 0.29) is 11.5 Å². The Hall–Kier alpha value is -2.93. The SMILES string of the molecule is Cn1cc(CN2CC3(C2)OCCC3CCNC(=O)c2ccnn2C)cn1.O=C(O)C(F)(F)F. The number of likely N-dealkylation sites (tertiary alicyclic amines) is 1. The molecule has 0 radical (unpaired) electrons. The molecule has 1 atom stereocenters. The number of hydrogen-bond donors (Lipinski definition) is 2. The molecule has 0 aromatic carbocycles. The van der Waals surface area contributed by atoms with Crippen LogP contribution in [0.5, 0.6) is 0 Å². The predicted octanol–water partition coefficient (Wildman–Crippen LogP) is 1.20. The molecule has 2 aromatic rings. The van der Waals surface area contributed by atoms with E-state index in [0.29, 0.717) is 18.2 Å². The number of ether oxygens (including phenoxy) is 1. The van der Waals surface area contributed by atoms with Crippen molar-refractivity contribution in [1.29, 1.82) is 0 Å². The topological polar surface area (TPSA) is 115 Å². The second-order valence-electron chi connectivity index (χ2n) is 8.25. The lowest BCUT2D eigenvalue weighted by Crippen LogP contribution is -2.64. The Morgan fingerprint density at radius 3 is 2.55 bits per heavy atom. The fourth-order valence-electron chi connectivity index (χ4n) is 4.22. The number of aliphatic carboxylic acids is 1. The van der Waals surface area contributed by atoms with Gasteiger partial charge >= 0.3 is 12.1 Å². The lowest BCUT2D eigenvalue weighted by molar-refractivity contribution is -0.192. The number of hydrogen-bond acceptors (Lipinski definition) is 6. The summed E-state index contributed by atoms with van der Waals surface area (Å²) < 4.78 is 41.3. The van der Waals surface area contributed by atoms with E-state index < -0.39 is 12.1 Å². The highest BCUT2D eigenvalue weighted by Crippen LogP contribution is 2.42. The van der Waals surface area contributed by atoms with E-state index in [1.165, 1.54) is 5.56 Å². The number of amides is 1. The number of aryl methyl sites for hydroxylation is 2. The first-order valence-electron chi connectivity index (χ1n) is 10.4. The number of carboxylic acids is 1. The number of nitrogens with zero attached hydrogens (tertiary/aromatic N) is 5. The normalized spacial score (nSPS) is 19.6. The predicted molar refractivity (Wildman–Crippen MR) is 109 cm³/mol. The van der Waals surface area contributed by atoms with Crippen molar-refractivity contribution in [3.63, 3.8) is 0 Å². The Bertz CT molecular complexity index is 967. The lowest BCUT2D eigenvalue weighted by Gasteiger charge is -2.50. The second-order valence-corrected chi connectivity index (χ2v) is 8.25. The van der Waals surface area contributed by atoms with Gasteiger partial charge in [-0.05, 0) is 24.8 Å². The van der Waals surface area contributed by atoms with Gasteiger partial charge in [0.05, 0.1) is 11.8 Å². The van der Waals surface area contributed by atoms with Crippen molar-refractivity contribution in [2.45, 2.75) is 31.2 Å². The van der Waals surface area contributed by atoms with E-state index in [1.807, 2.05) is 17.9 Å². The molecule has 2 saturated heterocycles. The molecular weight excluding hydrogens is 445 g/mol. The monoisotopic (exact) mass is 472 g/mol. The van der Waals surface area contributed by atoms with Gasteiger partial charge in [-0.1, -0.05) is 0 Å². The van der Waals surface area contributed by atoms with Crippen LogP contribution in [0.2, 0.25) is 0 Å². The molecular formula is C20H27F3N6O4. The minimum absolute atomic E-state index is 0.0283. The van der Waals surface area contributed by atoms with Gasteiger partial charge in [-0.25, -0.2) is 4.79 Å². The van der Waals surface area contributed by atoms with Crippen LogP contribution in [0.15, 0.2) is 24.7 Å². The van der Waals surface area contributed by atoms with Crippen LogP contribution in [0.25, 0.3) is 0 Å². The Labute approximate surface area is 188 Å². The van der Waals surface area contributed by atoms with Crippen molar-refractivity contribution in [3.8, 4) is 0 Å². The van der Waals surface area contributed by atoms with Crippen molar-refractivity contribution >= 4 is 11.9 Å². The molecule has 0 bridgehead atoms. The van der Waals surface area contributed by atoms with Crippen LogP contribution in [0.3, 0.4) is 0 Å². The van der Waals surface area contributed by atoms with Crippen LogP contribution in [0.1, 0.15) is 28.9 Å². The van der Waals surface area contributed by atoms with Crippen molar-refractivity contribution in [1.82, 2.24) is 29.8 Å². The molecule has 2 aliphatic rings. The number of carbonyl (C=O) groups is 2. The van der Waals surface area contributed by atoms with Crippen LogP contribution in [0.4, 0.5) is 13.2 Å². The lowest BCUT2D eigenvalue weighted by atomic mass is 9.79. The maximum Gasteiger partial charge on any atom is 0.490 e. The molecule has 1 unspecified atom stereocenters. The van der Waals surface area contributed by atoms with Crippen LogP contribution in [0, 0.1) is 5.92 Å². The molecule has 2 fully saturated rings. The van der Waals surface area contributed by atoms with Gasteiger partial charge in [-0.2, -0.15) is 23.4 Å². The molecule has 1 amide bonds. The first-order valence-corrected chi connectivity index (χ1v) is 10.4. The summed E-state index contributed by atoms with van der Waals surface area (Å²) in [6.07, 6.45) is 2.56. The van der Waals surface area contributed by atoms with Gasteiger partial charge in [-0.15, -0.1) is 0 Å². The highest BCUT2D eigenvalue weighted by Gasteiger charge is 2.52. The molecule has 182 valence electrons. The van der Waals surface area contributed by atoms with E-state index in [1.54, 1.807) is 24.0 Å². The first kappa shape index (κ1) is 24.7. The molecule has 33 heavy (non-hydrogen) atoms. The van der Waals surface area contributed by atoms with Gasteiger partial charge in [-0.3, -0.25) is 19.1 Å². The fraction of sp³-hybridized carbons (Fsp3) is 0.600. The van der Waals surface area contributed by atoms with Crippen molar-refractivity contribution in [3.05, 3.63) is 35.9 Å². The molecule has 0 aliphatic carbocycles. The second kappa shape index (κ2) is 9.91. The Morgan fingerprint density at radius 2 is 2.00 bits per heavy atom. The van der Waals surface area contributed by atoms with Gasteiger partial charge < -0.3 is 15.2 Å². The summed E-state index contributed by atoms with van der Waals surface area (Å²) in [6.45, 7) is 4.33. The quantitative estimate of drug-likeness (QED) is 0.649. The highest BCUT2D eigenvalue weighted by molar-refractivity contribution is 5.92. The summed E-state index contributed by atoms with van der Waals surface area (Å²) in [5.74, 6) is -2.32. The minimum atomic E-state index is -5.08. The third kappa shape index (κ3) is 6.11. The number of alkyl halides is 3. The van der Waals surface area contributed by atoms with E-state index in [9.17, 15) is 18.0 Å². The van der Waals surface area contributed by atoms with Gasteiger partial charge in [0.2, 0.25) is 0 Å². The molecule has 0 saturated carbocycles. The van der Waals surface area contributed by atoms with Gasteiger partial charge in [0.1, 0.15) is 5.69 Å². The number of aromatic nitrogens is 4. The van der Waals surface area contributed by atoms with E-state index in [4.69, 9.17) is 14.6 Å². The third-order valence-electron chi connectivity index (χ3n) is 5.82. The number of carboxylic acid groups (broad SMARTS) is 1. The average molecular weight is 472 g/mol. The zero-order chi connectivity index (χ0) is 24.2. The van der Waals surface area contributed by atoms with E-state index in [2.05, 4.69) is 26.6 Å². The van der Waals surface area contributed by atoms with Crippen LogP contribution >= 0.6 is 0 Å². The molecule has 1 spiro atoms. The molecule has 13 heteroatoms. The van der Waals surface area contributed by atoms with E-state index >= 15 is 0 Å². The van der Waals surface area contributed by atoms with Crippen molar-refractivity contribution < 1.29 is 32.6 Å². The smallest absolute Gasteiger partial charge is 0.475 e. The number of halogens is 3. The molecule has 4 heterocycles. The summed E-state index contributed by atoms with van der Waals surface area (Å²) in [7, 11) is 3.72. The Morgan fingerprint density at radius 1 is 1.30 bits per heavy atom. The standard InChI is InChI=1S/C18H26N6O2.C2HF3O2/c1-22-10-14(9-21-22)11-24-12-18(13-24)15(5-8-26-18)3-6-19-17(25)16-4-7-20-23(16)2;3-2(4,5)1(6)7/h4,7,9-10,15H,3,5-6,8,11-13H2,1-2H3,(H,19,25);(H,6,7). The maximum absolute atomic E-state index is 12.2. The summed E-state index contributed by atoms with van der Waals surface area (Å²) in [6, 6.07) is 1.73. The zero-order valence-electron chi connectivity index (χ0n) is 18.4. The minimum Gasteiger partial charge on any atom is -0.475 e. The third-order valence-corrected chi connectivity index (χ3v) is 5.82. The van der Waals surface area contributed by atoms with Crippen LogP contribution in [-0.4, -0.2) is 79.5 Å². The molecule has 4 rings (SSSR count). The molecule has 2 N–H and O–H groups in total. The summed E-state index contributed by atoms with van der Waals surface area (Å²) in [5.41, 5.74) is 1.80. The number of nitrogens with one attached hydrogen (secondary N) is 1. The van der Waals surface area contributed by atoms with Crippen molar-refractivity contribution in [2.75, 3.05) is 26.2 Å². The summed E-state index contributed by atoms with van der Waals surface area (Å²) in [5, 5.41) is 18.4. The van der Waals surface area contributed by atoms with E-state index in [0.717, 1.165) is 39.1 Å². The Kier molecular flexibility index (Phi) is 7.42. The van der Waals surface area contributed by atoms with Gasteiger partial charge in [0.25, 0.3) is 5.91 Å². The van der Waals surface area contributed by atoms with Crippen molar-refractivity contribution in [2.24, 2.45) is 20.0 Å². The largest absolute Gasteiger partial charge is 0.490 e. The van der Waals surface area contributed by atoms with Gasteiger partial charge in [0, 0.05) is 64.8 Å². The highest BCUT2D eigenvalue weighted by atomic mass is 19.4. The zero-order valence-corrected chi connectivity index (χ0v) is 18.4. The molecule has 2 aliphatic heterocycles.